The Kier molecular flexibility index (Phi) is 5.44. The SMILES string of the molecule is Cc1cc(-c2cnc3[nH]cc(-c4ccc(C(N)=O)c(C)c4C)c3c2)ccc1N1CCC(=O)CC1. The topological polar surface area (TPSA) is 92.1 Å². The van der Waals surface area contributed by atoms with Gasteiger partial charge in [0.25, 0.3) is 0 Å². The Morgan fingerprint density at radius 1 is 0.971 bits per heavy atom. The van der Waals surface area contributed by atoms with Gasteiger partial charge in [-0.1, -0.05) is 12.1 Å². The highest BCUT2D eigenvalue weighted by Gasteiger charge is 2.19. The van der Waals surface area contributed by atoms with Crippen molar-refractivity contribution in [2.75, 3.05) is 18.0 Å². The van der Waals surface area contributed by atoms with E-state index in [0.717, 1.165) is 57.5 Å². The second kappa shape index (κ2) is 8.45. The number of hydrogen-bond donors (Lipinski definition) is 2. The number of ketones is 1. The highest BCUT2D eigenvalue weighted by atomic mass is 16.1. The quantitative estimate of drug-likeness (QED) is 0.451. The molecule has 1 saturated heterocycles. The standard InChI is InChI=1S/C28H28N4O2/c1-16-12-19(4-7-26(16)32-10-8-21(33)9-11-32)20-13-24-25(15-31-28(24)30-14-20)22-5-6-23(27(29)34)18(3)17(22)2/h4-7,12-15H,8-11H2,1-3H3,(H2,29,34)(H,30,31). The lowest BCUT2D eigenvalue weighted by atomic mass is 9.93. The minimum atomic E-state index is -0.412. The summed E-state index contributed by atoms with van der Waals surface area (Å²) < 4.78 is 0. The van der Waals surface area contributed by atoms with Gasteiger partial charge in [-0.05, 0) is 72.9 Å². The average Bonchev–Trinajstić information content (AvgIpc) is 3.24. The van der Waals surface area contributed by atoms with E-state index in [9.17, 15) is 9.59 Å². The van der Waals surface area contributed by atoms with Gasteiger partial charge in [-0.15, -0.1) is 0 Å². The minimum absolute atomic E-state index is 0.349. The zero-order valence-corrected chi connectivity index (χ0v) is 19.7. The normalized spacial score (nSPS) is 14.1. The van der Waals surface area contributed by atoms with Crippen molar-refractivity contribution in [2.45, 2.75) is 33.6 Å². The van der Waals surface area contributed by atoms with Gasteiger partial charge in [0.1, 0.15) is 11.4 Å². The van der Waals surface area contributed by atoms with Gasteiger partial charge in [-0.25, -0.2) is 4.98 Å². The Hall–Kier alpha value is -3.93. The van der Waals surface area contributed by atoms with Gasteiger partial charge >= 0.3 is 0 Å². The van der Waals surface area contributed by atoms with Crippen LogP contribution in [0.1, 0.15) is 39.9 Å². The first-order chi connectivity index (χ1) is 16.3. The number of rotatable bonds is 4. The molecule has 1 aliphatic rings. The molecule has 0 saturated carbocycles. The average molecular weight is 453 g/mol. The molecular formula is C28H28N4O2. The molecule has 0 aliphatic carbocycles. The summed E-state index contributed by atoms with van der Waals surface area (Å²) in [6, 6.07) is 12.4. The maximum absolute atomic E-state index is 11.7. The Labute approximate surface area is 198 Å². The minimum Gasteiger partial charge on any atom is -0.370 e. The van der Waals surface area contributed by atoms with Crippen molar-refractivity contribution >= 4 is 28.4 Å². The number of Topliss-reactive ketones (excluding diaryl/α,β-unsaturated/α-hetero) is 1. The number of nitrogens with two attached hydrogens (primary N) is 1. The molecule has 3 N–H and O–H groups in total. The smallest absolute Gasteiger partial charge is 0.248 e. The number of nitrogens with one attached hydrogen (secondary N) is 1. The van der Waals surface area contributed by atoms with Crippen LogP contribution in [0.4, 0.5) is 5.69 Å². The van der Waals surface area contributed by atoms with Crippen molar-refractivity contribution < 1.29 is 9.59 Å². The van der Waals surface area contributed by atoms with Crippen LogP contribution in [-0.4, -0.2) is 34.7 Å². The molecule has 4 aromatic rings. The highest BCUT2D eigenvalue weighted by Crippen LogP contribution is 2.35. The number of primary amides is 1. The molecule has 0 spiro atoms. The van der Waals surface area contributed by atoms with Crippen molar-refractivity contribution in [1.82, 2.24) is 9.97 Å². The number of aromatic amines is 1. The van der Waals surface area contributed by atoms with Gasteiger partial charge in [0, 0.05) is 66.1 Å². The van der Waals surface area contributed by atoms with Crippen molar-refractivity contribution in [1.29, 1.82) is 0 Å². The zero-order valence-electron chi connectivity index (χ0n) is 19.7. The van der Waals surface area contributed by atoms with E-state index in [1.165, 1.54) is 11.3 Å². The molecule has 1 fully saturated rings. The number of fused-ring (bicyclic) bond motifs is 1. The number of carbonyl (C=O) groups excluding carboxylic acids is 2. The van der Waals surface area contributed by atoms with Crippen LogP contribution in [0.2, 0.25) is 0 Å². The number of aryl methyl sites for hydroxylation is 1. The summed E-state index contributed by atoms with van der Waals surface area (Å²) in [7, 11) is 0. The highest BCUT2D eigenvalue weighted by molar-refractivity contribution is 5.99. The molecular weight excluding hydrogens is 424 g/mol. The Morgan fingerprint density at radius 3 is 2.44 bits per heavy atom. The molecule has 1 amide bonds. The molecule has 5 rings (SSSR count). The predicted molar refractivity (Wildman–Crippen MR) is 136 cm³/mol. The van der Waals surface area contributed by atoms with E-state index in [4.69, 9.17) is 5.73 Å². The largest absolute Gasteiger partial charge is 0.370 e. The second-order valence-corrected chi connectivity index (χ2v) is 9.12. The fourth-order valence-corrected chi connectivity index (χ4v) is 4.95. The number of amides is 1. The number of anilines is 1. The number of piperidine rings is 1. The van der Waals surface area contributed by atoms with Crippen LogP contribution >= 0.6 is 0 Å². The maximum atomic E-state index is 11.7. The van der Waals surface area contributed by atoms with Gasteiger partial charge in [0.2, 0.25) is 5.91 Å². The van der Waals surface area contributed by atoms with Gasteiger partial charge in [0.15, 0.2) is 0 Å². The summed E-state index contributed by atoms with van der Waals surface area (Å²) in [4.78, 5) is 33.6. The van der Waals surface area contributed by atoms with E-state index in [1.54, 1.807) is 6.07 Å². The van der Waals surface area contributed by atoms with Crippen LogP contribution < -0.4 is 10.6 Å². The van der Waals surface area contributed by atoms with Crippen molar-refractivity contribution in [3.63, 3.8) is 0 Å². The second-order valence-electron chi connectivity index (χ2n) is 9.12. The third kappa shape index (κ3) is 3.75. The van der Waals surface area contributed by atoms with E-state index in [0.29, 0.717) is 24.2 Å². The Morgan fingerprint density at radius 2 is 1.74 bits per heavy atom. The number of carbonyl (C=O) groups is 2. The molecule has 0 radical (unpaired) electrons. The molecule has 0 atom stereocenters. The molecule has 0 unspecified atom stereocenters. The number of pyridine rings is 1. The Bertz CT molecular complexity index is 1440. The molecule has 2 aromatic carbocycles. The third-order valence-electron chi connectivity index (χ3n) is 7.07. The molecule has 172 valence electrons. The molecule has 0 bridgehead atoms. The van der Waals surface area contributed by atoms with Gasteiger partial charge in [-0.3, -0.25) is 9.59 Å². The van der Waals surface area contributed by atoms with Gasteiger partial charge < -0.3 is 15.6 Å². The van der Waals surface area contributed by atoms with Crippen LogP contribution in [0.25, 0.3) is 33.3 Å². The molecule has 2 aromatic heterocycles. The number of benzene rings is 2. The van der Waals surface area contributed by atoms with E-state index >= 15 is 0 Å². The van der Waals surface area contributed by atoms with E-state index in [1.807, 2.05) is 32.3 Å². The molecule has 34 heavy (non-hydrogen) atoms. The summed E-state index contributed by atoms with van der Waals surface area (Å²) in [5.74, 6) is -0.0631. The summed E-state index contributed by atoms with van der Waals surface area (Å²) in [6.45, 7) is 7.64. The summed E-state index contributed by atoms with van der Waals surface area (Å²) >= 11 is 0. The monoisotopic (exact) mass is 452 g/mol. The van der Waals surface area contributed by atoms with Crippen molar-refractivity contribution in [3.05, 3.63) is 71.0 Å². The number of nitrogens with zero attached hydrogens (tertiary/aromatic N) is 2. The summed E-state index contributed by atoms with van der Waals surface area (Å²) in [5.41, 5.74) is 15.5. The van der Waals surface area contributed by atoms with Gasteiger partial charge in [0.05, 0.1) is 0 Å². The number of hydrogen-bond acceptors (Lipinski definition) is 4. The molecule has 6 nitrogen and oxygen atoms in total. The first-order valence-corrected chi connectivity index (χ1v) is 11.6. The van der Waals surface area contributed by atoms with Crippen LogP contribution in [0, 0.1) is 20.8 Å². The van der Waals surface area contributed by atoms with Crippen LogP contribution in [0.3, 0.4) is 0 Å². The van der Waals surface area contributed by atoms with E-state index in [2.05, 4.69) is 46.1 Å². The van der Waals surface area contributed by atoms with Crippen LogP contribution in [0.15, 0.2) is 48.8 Å². The molecule has 3 heterocycles. The fraction of sp³-hybridized carbons (Fsp3) is 0.250. The number of H-pyrrole nitrogens is 1. The maximum Gasteiger partial charge on any atom is 0.248 e. The summed E-state index contributed by atoms with van der Waals surface area (Å²) in [6.07, 6.45) is 5.11. The van der Waals surface area contributed by atoms with E-state index < -0.39 is 5.91 Å². The lowest BCUT2D eigenvalue weighted by Gasteiger charge is -2.29. The lowest BCUT2D eigenvalue weighted by molar-refractivity contribution is -0.119. The third-order valence-corrected chi connectivity index (χ3v) is 7.07. The van der Waals surface area contributed by atoms with Gasteiger partial charge in [-0.2, -0.15) is 0 Å². The predicted octanol–water partition coefficient (Wildman–Crippen LogP) is 5.09. The van der Waals surface area contributed by atoms with Crippen LogP contribution in [-0.2, 0) is 4.79 Å². The number of aromatic nitrogens is 2. The first-order valence-electron chi connectivity index (χ1n) is 11.6. The van der Waals surface area contributed by atoms with Crippen LogP contribution in [0.5, 0.6) is 0 Å². The zero-order chi connectivity index (χ0) is 24.0. The molecule has 1 aliphatic heterocycles. The van der Waals surface area contributed by atoms with Crippen molar-refractivity contribution in [3.8, 4) is 22.3 Å². The summed E-state index contributed by atoms with van der Waals surface area (Å²) in [5, 5.41) is 1.03. The van der Waals surface area contributed by atoms with Crippen molar-refractivity contribution in [2.24, 2.45) is 5.73 Å². The molecule has 6 heteroatoms. The lowest BCUT2D eigenvalue weighted by Crippen LogP contribution is -2.34. The Balaban J connectivity index is 1.53. The first kappa shape index (κ1) is 21.9. The fourth-order valence-electron chi connectivity index (χ4n) is 4.95. The van der Waals surface area contributed by atoms with E-state index in [-0.39, 0.29) is 0 Å².